The van der Waals surface area contributed by atoms with Crippen LogP contribution in [0.1, 0.15) is 67.4 Å². The van der Waals surface area contributed by atoms with Crippen molar-refractivity contribution in [1.29, 1.82) is 0 Å². The van der Waals surface area contributed by atoms with E-state index in [1.54, 1.807) is 0 Å². The molecular weight excluding hydrogens is 558 g/mol. The first-order valence-corrected chi connectivity index (χ1v) is 12.9. The lowest BCUT2D eigenvalue weighted by Gasteiger charge is -2.31. The Kier molecular flexibility index (Phi) is 6.98. The monoisotopic (exact) mass is 584 g/mol. The molecule has 0 unspecified atom stereocenters. The maximum absolute atomic E-state index is 13.5. The fourth-order valence-corrected chi connectivity index (χ4v) is 5.85. The number of nitro groups is 1. The van der Waals surface area contributed by atoms with Crippen molar-refractivity contribution in [2.24, 2.45) is 5.41 Å². The summed E-state index contributed by atoms with van der Waals surface area (Å²) in [6, 6.07) is 4.51. The smallest absolute Gasteiger partial charge is 0.416 e. The van der Waals surface area contributed by atoms with Crippen molar-refractivity contribution in [2.45, 2.75) is 63.5 Å². The van der Waals surface area contributed by atoms with E-state index in [0.29, 0.717) is 36.3 Å². The molecule has 1 aliphatic heterocycles. The summed E-state index contributed by atoms with van der Waals surface area (Å²) in [5, 5.41) is 11.5. The van der Waals surface area contributed by atoms with Gasteiger partial charge in [-0.1, -0.05) is 0 Å². The van der Waals surface area contributed by atoms with E-state index in [1.807, 2.05) is 0 Å². The number of non-ortho nitro benzene ring substituents is 1. The Hall–Kier alpha value is -3.77. The van der Waals surface area contributed by atoms with Crippen LogP contribution in [-0.4, -0.2) is 35.6 Å². The normalized spacial score (nSPS) is 22.2. The minimum Gasteiger partial charge on any atom is -0.496 e. The van der Waals surface area contributed by atoms with Crippen LogP contribution < -0.4 is 4.74 Å². The average molecular weight is 585 g/mol. The van der Waals surface area contributed by atoms with Crippen molar-refractivity contribution in [3.63, 3.8) is 0 Å². The van der Waals surface area contributed by atoms with E-state index in [1.165, 1.54) is 37.1 Å². The molecule has 1 heterocycles. The van der Waals surface area contributed by atoms with Gasteiger partial charge in [-0.2, -0.15) is 26.3 Å². The number of nitrogens with zero attached hydrogens (tertiary/aromatic N) is 2. The number of halogens is 6. The number of ether oxygens (including phenoxy) is 2. The molecule has 1 saturated carbocycles. The number of rotatable bonds is 6. The van der Waals surface area contributed by atoms with Crippen LogP contribution in [0.3, 0.4) is 0 Å². The number of nitro benzene ring substituents is 1. The van der Waals surface area contributed by atoms with Crippen molar-refractivity contribution >= 4 is 17.4 Å². The van der Waals surface area contributed by atoms with Crippen LogP contribution in [0.15, 0.2) is 42.0 Å². The van der Waals surface area contributed by atoms with Gasteiger partial charge in [-0.25, -0.2) is 4.79 Å². The zero-order valence-electron chi connectivity index (χ0n) is 22.1. The lowest BCUT2D eigenvalue weighted by atomic mass is 9.78. The van der Waals surface area contributed by atoms with Crippen LogP contribution in [0.5, 0.6) is 5.75 Å². The quantitative estimate of drug-likeness (QED) is 0.196. The van der Waals surface area contributed by atoms with Crippen molar-refractivity contribution < 1.29 is 45.5 Å². The van der Waals surface area contributed by atoms with Crippen LogP contribution in [-0.2, 0) is 17.1 Å². The summed E-state index contributed by atoms with van der Waals surface area (Å²) >= 11 is 0. The molecule has 0 radical (unpaired) electrons. The molecule has 5 rings (SSSR count). The molecule has 2 aromatic carbocycles. The van der Waals surface area contributed by atoms with E-state index >= 15 is 0 Å². The maximum Gasteiger partial charge on any atom is 0.416 e. The Morgan fingerprint density at radius 1 is 1.05 bits per heavy atom. The Balaban J connectivity index is 1.52. The van der Waals surface area contributed by atoms with Gasteiger partial charge in [0, 0.05) is 24.2 Å². The maximum atomic E-state index is 13.5. The number of hydrogen-bond donors (Lipinski definition) is 0. The molecule has 3 aliphatic rings. The van der Waals surface area contributed by atoms with Gasteiger partial charge in [-0.15, -0.1) is 0 Å². The van der Waals surface area contributed by atoms with Gasteiger partial charge in [-0.05, 0) is 85.4 Å². The molecule has 7 nitrogen and oxygen atoms in total. The van der Waals surface area contributed by atoms with E-state index in [0.717, 1.165) is 30.4 Å². The van der Waals surface area contributed by atoms with E-state index in [4.69, 9.17) is 9.47 Å². The van der Waals surface area contributed by atoms with Gasteiger partial charge >= 0.3 is 18.4 Å². The van der Waals surface area contributed by atoms with E-state index in [-0.39, 0.29) is 23.7 Å². The van der Waals surface area contributed by atoms with Gasteiger partial charge in [0.25, 0.3) is 5.69 Å². The minimum absolute atomic E-state index is 0.00448. The molecule has 2 fully saturated rings. The highest BCUT2D eigenvalue weighted by molar-refractivity contribution is 5.78. The number of amides is 1. The fourth-order valence-electron chi connectivity index (χ4n) is 5.85. The van der Waals surface area contributed by atoms with Gasteiger partial charge in [0.2, 0.25) is 0 Å². The largest absolute Gasteiger partial charge is 0.496 e. The third-order valence-electron chi connectivity index (χ3n) is 8.29. The molecule has 1 amide bonds. The molecule has 0 aromatic heterocycles. The van der Waals surface area contributed by atoms with Gasteiger partial charge in [0.1, 0.15) is 11.9 Å². The summed E-state index contributed by atoms with van der Waals surface area (Å²) in [5.41, 5.74) is -1.41. The zero-order valence-corrected chi connectivity index (χ0v) is 22.1. The second-order valence-corrected chi connectivity index (χ2v) is 10.9. The molecule has 0 N–H and O–H groups in total. The minimum atomic E-state index is -5.04. The topological polar surface area (TPSA) is 81.9 Å². The second kappa shape index (κ2) is 9.95. The first kappa shape index (κ1) is 28.7. The number of cyclic esters (lactones) is 1. The molecular formula is C28H26F6N2O5. The van der Waals surface area contributed by atoms with Crippen molar-refractivity contribution in [3.05, 3.63) is 74.3 Å². The molecule has 220 valence electrons. The molecule has 2 aromatic rings. The van der Waals surface area contributed by atoms with E-state index in [2.05, 4.69) is 0 Å². The van der Waals surface area contributed by atoms with Crippen LogP contribution in [0, 0.1) is 15.5 Å². The summed E-state index contributed by atoms with van der Waals surface area (Å²) in [4.78, 5) is 25.3. The standard InChI is InChI=1S/C28H26F6N2O5/c1-15-24(16-9-18(27(29,30)31)11-19(10-16)28(32,33)34)41-25(37)35(15)14-17-13-26(7-8-26)6-5-21(17)22-12-20(36(38)39)3-4-23(22)40-2/h3-4,9-12,15,24H,5-8,13-14H2,1-2H3/t15-,24-/m0/s1. The molecule has 1 spiro atoms. The van der Waals surface area contributed by atoms with Gasteiger partial charge < -0.3 is 9.47 Å². The molecule has 2 atom stereocenters. The first-order chi connectivity index (χ1) is 19.1. The van der Waals surface area contributed by atoms with E-state index < -0.39 is 52.2 Å². The number of hydrogen-bond acceptors (Lipinski definition) is 5. The third-order valence-corrected chi connectivity index (χ3v) is 8.29. The van der Waals surface area contributed by atoms with Crippen LogP contribution in [0.25, 0.3) is 5.57 Å². The predicted molar refractivity (Wildman–Crippen MR) is 134 cm³/mol. The van der Waals surface area contributed by atoms with E-state index in [9.17, 15) is 41.3 Å². The van der Waals surface area contributed by atoms with Crippen LogP contribution in [0.4, 0.5) is 36.8 Å². The second-order valence-electron chi connectivity index (χ2n) is 10.9. The van der Waals surface area contributed by atoms with Crippen LogP contribution >= 0.6 is 0 Å². The molecule has 0 bridgehead atoms. The number of carbonyl (C=O) groups is 1. The Morgan fingerprint density at radius 3 is 2.22 bits per heavy atom. The van der Waals surface area contributed by atoms with Gasteiger partial charge in [0.15, 0.2) is 0 Å². The fraction of sp³-hybridized carbons (Fsp3) is 0.464. The van der Waals surface area contributed by atoms with Gasteiger partial charge in [-0.3, -0.25) is 15.0 Å². The highest BCUT2D eigenvalue weighted by atomic mass is 19.4. The Bertz CT molecular complexity index is 1400. The highest BCUT2D eigenvalue weighted by Gasteiger charge is 2.48. The Labute approximate surface area is 230 Å². The summed E-state index contributed by atoms with van der Waals surface area (Å²) in [7, 11) is 1.44. The number of carbonyl (C=O) groups excluding carboxylic acids is 1. The van der Waals surface area contributed by atoms with Crippen molar-refractivity contribution in [1.82, 2.24) is 4.90 Å². The summed E-state index contributed by atoms with van der Waals surface area (Å²) in [6.45, 7) is 1.51. The zero-order chi connectivity index (χ0) is 29.9. The summed E-state index contributed by atoms with van der Waals surface area (Å²) < 4.78 is 91.6. The first-order valence-electron chi connectivity index (χ1n) is 12.9. The molecule has 13 heteroatoms. The van der Waals surface area contributed by atoms with Crippen LogP contribution in [0.2, 0.25) is 0 Å². The van der Waals surface area contributed by atoms with Crippen molar-refractivity contribution in [2.75, 3.05) is 13.7 Å². The average Bonchev–Trinajstić information content (AvgIpc) is 3.59. The third kappa shape index (κ3) is 5.58. The molecule has 1 saturated heterocycles. The predicted octanol–water partition coefficient (Wildman–Crippen LogP) is 7.94. The highest BCUT2D eigenvalue weighted by Crippen LogP contribution is 2.59. The number of allylic oxidation sites excluding steroid dienone is 1. The lowest BCUT2D eigenvalue weighted by molar-refractivity contribution is -0.384. The van der Waals surface area contributed by atoms with Crippen molar-refractivity contribution in [3.8, 4) is 5.75 Å². The summed E-state index contributed by atoms with van der Waals surface area (Å²) in [6.07, 6.45) is -8.38. The summed E-state index contributed by atoms with van der Waals surface area (Å²) in [5.74, 6) is 0.411. The molecule has 2 aliphatic carbocycles. The van der Waals surface area contributed by atoms with Gasteiger partial charge in [0.05, 0.1) is 29.2 Å². The molecule has 41 heavy (non-hydrogen) atoms. The Morgan fingerprint density at radius 2 is 1.68 bits per heavy atom. The number of alkyl halides is 6. The number of methoxy groups -OCH3 is 1. The lowest BCUT2D eigenvalue weighted by Crippen LogP contribution is -2.35. The number of benzene rings is 2. The SMILES string of the molecule is COc1ccc([N+](=O)[O-])cc1C1=C(CN2C(=O)O[C@H](c3cc(C(F)(F)F)cc(C(F)(F)F)c3)[C@@H]2C)CC2(CC1)CC2.